The van der Waals surface area contributed by atoms with Crippen LogP contribution in [0.2, 0.25) is 0 Å². The van der Waals surface area contributed by atoms with Gasteiger partial charge in [0, 0.05) is 39.6 Å². The fourth-order valence-electron chi connectivity index (χ4n) is 4.54. The fraction of sp³-hybridized carbons (Fsp3) is 0.167. The van der Waals surface area contributed by atoms with Gasteiger partial charge in [0.25, 0.3) is 11.8 Å². The molecule has 0 unspecified atom stereocenters. The molecule has 4 amide bonds. The lowest BCUT2D eigenvalue weighted by Gasteiger charge is -2.02. The largest absolute Gasteiger partial charge is 0.508 e. The number of rotatable bonds is 0. The molecular weight excluding hydrogens is 598 g/mol. The molecule has 0 bridgehead atoms. The molecular formula is C36H35N5O6. The van der Waals surface area contributed by atoms with E-state index in [1.165, 1.54) is 36.4 Å². The minimum absolute atomic E-state index is 0.0602. The van der Waals surface area contributed by atoms with Crippen LogP contribution in [0.1, 0.15) is 44.7 Å². The van der Waals surface area contributed by atoms with Gasteiger partial charge in [-0.05, 0) is 55.0 Å². The van der Waals surface area contributed by atoms with E-state index in [-0.39, 0.29) is 23.6 Å². The molecule has 3 aliphatic rings. The number of aryl methyl sites for hydroxylation is 1. The number of fused-ring (bicyclic) bond motifs is 3. The third kappa shape index (κ3) is 8.76. The minimum Gasteiger partial charge on any atom is -0.508 e. The Bertz CT molecular complexity index is 1840. The summed E-state index contributed by atoms with van der Waals surface area (Å²) in [4.78, 5) is 54.0. The number of amides is 4. The molecule has 47 heavy (non-hydrogen) atoms. The zero-order chi connectivity index (χ0) is 33.9. The van der Waals surface area contributed by atoms with Crippen molar-refractivity contribution in [2.45, 2.75) is 26.2 Å². The van der Waals surface area contributed by atoms with Crippen LogP contribution in [-0.4, -0.2) is 73.8 Å². The van der Waals surface area contributed by atoms with Crippen molar-refractivity contribution in [2.24, 2.45) is 4.99 Å². The third-order valence-electron chi connectivity index (χ3n) is 7.30. The number of hydrogen-bond donors (Lipinski definition) is 2. The first-order valence-corrected chi connectivity index (χ1v) is 14.7. The van der Waals surface area contributed by atoms with Crippen molar-refractivity contribution in [3.63, 3.8) is 0 Å². The van der Waals surface area contributed by atoms with Gasteiger partial charge in [-0.25, -0.2) is 4.98 Å². The average Bonchev–Trinajstić information content (AvgIpc) is 3.86. The van der Waals surface area contributed by atoms with Gasteiger partial charge in [-0.1, -0.05) is 60.2 Å². The molecule has 4 aromatic carbocycles. The maximum absolute atomic E-state index is 11.3. The number of hydrogen-bond acceptors (Lipinski definition) is 8. The van der Waals surface area contributed by atoms with Crippen LogP contribution < -0.4 is 0 Å². The van der Waals surface area contributed by atoms with E-state index in [1.807, 2.05) is 67.7 Å². The number of imide groups is 2. The van der Waals surface area contributed by atoms with Crippen LogP contribution in [0.3, 0.4) is 0 Å². The molecule has 0 atom stereocenters. The number of carbonyl (C=O) groups excluding carboxylic acids is 4. The monoisotopic (exact) mass is 633 g/mol. The van der Waals surface area contributed by atoms with E-state index in [9.17, 15) is 19.2 Å². The van der Waals surface area contributed by atoms with E-state index in [0.29, 0.717) is 29.7 Å². The van der Waals surface area contributed by atoms with Crippen LogP contribution in [0.4, 0.5) is 5.69 Å². The van der Waals surface area contributed by atoms with Crippen LogP contribution >= 0.6 is 0 Å². The summed E-state index contributed by atoms with van der Waals surface area (Å²) in [6.45, 7) is 1.99. The predicted octanol–water partition coefficient (Wildman–Crippen LogP) is 5.60. The van der Waals surface area contributed by atoms with Crippen LogP contribution in [0.15, 0.2) is 108 Å². The lowest BCUT2D eigenvalue weighted by molar-refractivity contribution is -0.136. The van der Waals surface area contributed by atoms with Crippen molar-refractivity contribution in [3.05, 3.63) is 126 Å². The van der Waals surface area contributed by atoms with Crippen LogP contribution in [-0.2, 0) is 16.0 Å². The summed E-state index contributed by atoms with van der Waals surface area (Å²) in [6.07, 6.45) is 5.14. The highest BCUT2D eigenvalue weighted by molar-refractivity contribution is 6.21. The number of likely N-dealkylation sites (tertiary alicyclic amines) is 1. The second kappa shape index (κ2) is 15.8. The molecule has 4 heterocycles. The molecule has 0 radical (unpaired) electrons. The zero-order valence-electron chi connectivity index (χ0n) is 26.3. The number of imidazole rings is 1. The molecule has 8 rings (SSSR count). The Hall–Kier alpha value is -6.10. The van der Waals surface area contributed by atoms with E-state index in [4.69, 9.17) is 10.3 Å². The number of phenolic OH excluding ortho intramolecular Hbond substituents is 1. The van der Waals surface area contributed by atoms with Gasteiger partial charge in [-0.2, -0.15) is 4.73 Å². The number of aromatic hydroxyl groups is 1. The van der Waals surface area contributed by atoms with Crippen LogP contribution in [0.25, 0.3) is 11.0 Å². The van der Waals surface area contributed by atoms with Crippen molar-refractivity contribution in [3.8, 4) is 5.75 Å². The SMILES string of the molecule is C1=Nc2ccccc2C1.CN1C(=O)CCC1=O.CN1C(=O)c2ccccc2C1=O.Cc1ccc(O)cc1.On1cnc2ccccc21. The Balaban J connectivity index is 0.000000134. The fourth-order valence-corrected chi connectivity index (χ4v) is 4.54. The summed E-state index contributed by atoms with van der Waals surface area (Å²) in [5, 5.41) is 17.8. The summed E-state index contributed by atoms with van der Waals surface area (Å²) < 4.78 is 1.01. The van der Waals surface area contributed by atoms with E-state index in [2.05, 4.69) is 16.0 Å². The number of nitrogens with zero attached hydrogens (tertiary/aromatic N) is 5. The Labute approximate surface area is 272 Å². The zero-order valence-corrected chi connectivity index (χ0v) is 26.3. The predicted molar refractivity (Wildman–Crippen MR) is 178 cm³/mol. The quantitative estimate of drug-likeness (QED) is 0.167. The molecule has 5 aromatic rings. The van der Waals surface area contributed by atoms with Crippen molar-refractivity contribution < 1.29 is 29.5 Å². The van der Waals surface area contributed by atoms with Gasteiger partial charge in [-0.3, -0.25) is 34.0 Å². The van der Waals surface area contributed by atoms with E-state index in [0.717, 1.165) is 32.8 Å². The molecule has 0 aliphatic carbocycles. The topological polar surface area (TPSA) is 145 Å². The van der Waals surface area contributed by atoms with Crippen LogP contribution in [0.5, 0.6) is 5.75 Å². The highest BCUT2D eigenvalue weighted by Crippen LogP contribution is 2.22. The minimum atomic E-state index is -0.212. The van der Waals surface area contributed by atoms with Gasteiger partial charge in [0.1, 0.15) is 17.6 Å². The molecule has 11 heteroatoms. The maximum atomic E-state index is 11.3. The van der Waals surface area contributed by atoms with Gasteiger partial charge in [0.15, 0.2) is 0 Å². The molecule has 11 nitrogen and oxygen atoms in total. The lowest BCUT2D eigenvalue weighted by atomic mass is 10.1. The van der Waals surface area contributed by atoms with E-state index >= 15 is 0 Å². The Kier molecular flexibility index (Phi) is 11.3. The van der Waals surface area contributed by atoms with Gasteiger partial charge < -0.3 is 10.3 Å². The summed E-state index contributed by atoms with van der Waals surface area (Å²) in [7, 11) is 3.00. The first-order valence-electron chi connectivity index (χ1n) is 14.7. The first-order chi connectivity index (χ1) is 22.6. The number of benzene rings is 4. The van der Waals surface area contributed by atoms with Gasteiger partial charge in [0.05, 0.1) is 22.3 Å². The third-order valence-corrected chi connectivity index (χ3v) is 7.30. The number of phenols is 1. The van der Waals surface area contributed by atoms with Gasteiger partial charge >= 0.3 is 0 Å². The second-order valence-electron chi connectivity index (χ2n) is 10.6. The standard InChI is InChI=1S/C9H7NO2.C8H7N.C7H6N2O.C7H8O.C5H7NO2/c1-10-8(11)6-4-2-3-5-7(6)9(10)12;1-2-4-8-7(3-1)5-6-9-8;10-9-5-8-6-3-1-2-4-7(6)9;1-6-2-4-7(8)5-3-6;1-6-4(7)2-3-5(6)8/h2-5H,1H3;1-4,6H,5H2;1-5,10H;2-5,8H,1H3;2-3H2,1H3. The van der Waals surface area contributed by atoms with Crippen molar-refractivity contribution in [1.29, 1.82) is 0 Å². The summed E-state index contributed by atoms with van der Waals surface area (Å²) in [6, 6.07) is 29.5. The molecule has 240 valence electrons. The lowest BCUT2D eigenvalue weighted by Crippen LogP contribution is -2.24. The number of carbonyl (C=O) groups is 4. The van der Waals surface area contributed by atoms with Gasteiger partial charge in [0.2, 0.25) is 11.8 Å². The van der Waals surface area contributed by atoms with E-state index in [1.54, 1.807) is 36.4 Å². The second-order valence-corrected chi connectivity index (χ2v) is 10.6. The summed E-state index contributed by atoms with van der Waals surface area (Å²) >= 11 is 0. The van der Waals surface area contributed by atoms with Crippen molar-refractivity contribution in [1.82, 2.24) is 19.5 Å². The number of para-hydroxylation sites is 3. The number of aromatic nitrogens is 2. The Morgan fingerprint density at radius 2 is 1.23 bits per heavy atom. The van der Waals surface area contributed by atoms with E-state index < -0.39 is 0 Å². The summed E-state index contributed by atoms with van der Waals surface area (Å²) in [5.74, 6) is -0.216. The van der Waals surface area contributed by atoms with Crippen molar-refractivity contribution >= 4 is 46.6 Å². The maximum Gasteiger partial charge on any atom is 0.261 e. The Morgan fingerprint density at radius 1 is 0.681 bits per heavy atom. The average molecular weight is 634 g/mol. The molecule has 1 aromatic heterocycles. The summed E-state index contributed by atoms with van der Waals surface area (Å²) in [5.41, 5.74) is 6.21. The molecule has 3 aliphatic heterocycles. The molecule has 0 saturated carbocycles. The highest BCUT2D eigenvalue weighted by Gasteiger charge is 2.31. The van der Waals surface area contributed by atoms with Crippen LogP contribution in [0, 0.1) is 6.92 Å². The normalized spacial score (nSPS) is 13.8. The smallest absolute Gasteiger partial charge is 0.261 e. The first kappa shape index (κ1) is 33.8. The molecule has 1 saturated heterocycles. The molecule has 0 spiro atoms. The highest BCUT2D eigenvalue weighted by atomic mass is 16.5. The van der Waals surface area contributed by atoms with Crippen molar-refractivity contribution in [2.75, 3.05) is 14.1 Å². The molecule has 2 N–H and O–H groups in total. The van der Waals surface area contributed by atoms with Gasteiger partial charge in [-0.15, -0.1) is 0 Å². The Morgan fingerprint density at radius 3 is 1.77 bits per heavy atom. The number of aliphatic imine (C=N–C) groups is 1. The molecule has 1 fully saturated rings.